The lowest BCUT2D eigenvalue weighted by atomic mass is 10.6. The summed E-state index contributed by atoms with van der Waals surface area (Å²) in [5, 5.41) is 3.82. The molecule has 1 atom stereocenters. The van der Waals surface area contributed by atoms with E-state index in [0.717, 1.165) is 6.54 Å². The van der Waals surface area contributed by atoms with Gasteiger partial charge in [0.25, 0.3) is 0 Å². The molecule has 1 rings (SSSR count). The van der Waals surface area contributed by atoms with Gasteiger partial charge in [-0.2, -0.15) is 0 Å². The highest BCUT2D eigenvalue weighted by atomic mass is 32.2. The van der Waals surface area contributed by atoms with Crippen molar-refractivity contribution in [3.05, 3.63) is 11.5 Å². The maximum absolute atomic E-state index is 3.81. The SMILES string of the molecule is C=C1CNC(C)S1. The number of rotatable bonds is 0. The van der Waals surface area contributed by atoms with Crippen LogP contribution in [0.25, 0.3) is 0 Å². The van der Waals surface area contributed by atoms with Crippen LogP contribution in [0.5, 0.6) is 0 Å². The van der Waals surface area contributed by atoms with E-state index in [1.54, 1.807) is 0 Å². The quantitative estimate of drug-likeness (QED) is 0.509. The number of thioether (sulfide) groups is 1. The molecule has 1 aliphatic rings. The zero-order valence-corrected chi connectivity index (χ0v) is 5.22. The van der Waals surface area contributed by atoms with Crippen molar-refractivity contribution >= 4 is 11.8 Å². The molecule has 0 aliphatic carbocycles. The fraction of sp³-hybridized carbons (Fsp3) is 0.600. The molecule has 2 heteroatoms. The molecule has 0 bridgehead atoms. The Morgan fingerprint density at radius 1 is 2.00 bits per heavy atom. The second-order valence-corrected chi connectivity index (χ2v) is 3.20. The minimum atomic E-state index is 0.590. The Morgan fingerprint density at radius 2 is 2.71 bits per heavy atom. The third-order valence-electron chi connectivity index (χ3n) is 0.930. The highest BCUT2D eigenvalue weighted by Gasteiger charge is 2.10. The van der Waals surface area contributed by atoms with E-state index < -0.39 is 0 Å². The van der Waals surface area contributed by atoms with Crippen LogP contribution in [0, 0.1) is 0 Å². The van der Waals surface area contributed by atoms with Crippen molar-refractivity contribution in [2.75, 3.05) is 6.54 Å². The fourth-order valence-corrected chi connectivity index (χ4v) is 1.42. The Bertz CT molecular complexity index is 90.1. The summed E-state index contributed by atoms with van der Waals surface area (Å²) in [6, 6.07) is 0. The van der Waals surface area contributed by atoms with Gasteiger partial charge in [0.15, 0.2) is 0 Å². The van der Waals surface area contributed by atoms with Crippen LogP contribution in [-0.2, 0) is 0 Å². The summed E-state index contributed by atoms with van der Waals surface area (Å²) in [5.41, 5.74) is 0. The highest BCUT2D eigenvalue weighted by Crippen LogP contribution is 2.22. The lowest BCUT2D eigenvalue weighted by Crippen LogP contribution is -2.14. The molecule has 0 aromatic rings. The van der Waals surface area contributed by atoms with Gasteiger partial charge in [0, 0.05) is 6.54 Å². The summed E-state index contributed by atoms with van der Waals surface area (Å²) in [6.07, 6.45) is 0. The lowest BCUT2D eigenvalue weighted by molar-refractivity contribution is 0.776. The first kappa shape index (κ1) is 5.19. The van der Waals surface area contributed by atoms with Crippen molar-refractivity contribution in [2.24, 2.45) is 0 Å². The predicted molar refractivity (Wildman–Crippen MR) is 34.2 cm³/mol. The first-order valence-corrected chi connectivity index (χ1v) is 3.25. The Morgan fingerprint density at radius 3 is 2.86 bits per heavy atom. The molecule has 1 heterocycles. The lowest BCUT2D eigenvalue weighted by Gasteiger charge is -1.93. The van der Waals surface area contributed by atoms with Crippen molar-refractivity contribution in [3.8, 4) is 0 Å². The largest absolute Gasteiger partial charge is 0.301 e. The van der Waals surface area contributed by atoms with Gasteiger partial charge in [-0.25, -0.2) is 0 Å². The molecule has 7 heavy (non-hydrogen) atoms. The minimum absolute atomic E-state index is 0.590. The van der Waals surface area contributed by atoms with Crippen LogP contribution in [-0.4, -0.2) is 11.9 Å². The maximum atomic E-state index is 3.81. The molecule has 0 saturated carbocycles. The Balaban J connectivity index is 2.40. The standard InChI is InChI=1S/C5H9NS/c1-4-3-6-5(2)7-4/h5-6H,1,3H2,2H3. The number of hydrogen-bond acceptors (Lipinski definition) is 2. The summed E-state index contributed by atoms with van der Waals surface area (Å²) < 4.78 is 0. The van der Waals surface area contributed by atoms with E-state index >= 15 is 0 Å². The van der Waals surface area contributed by atoms with Crippen LogP contribution in [0.1, 0.15) is 6.92 Å². The molecule has 1 unspecified atom stereocenters. The van der Waals surface area contributed by atoms with Crippen LogP contribution in [0.15, 0.2) is 11.5 Å². The Labute approximate surface area is 48.2 Å². The van der Waals surface area contributed by atoms with E-state index in [9.17, 15) is 0 Å². The molecule has 1 saturated heterocycles. The second kappa shape index (κ2) is 1.88. The molecule has 1 nitrogen and oxygen atoms in total. The molecule has 0 radical (unpaired) electrons. The molecule has 0 aromatic carbocycles. The molecule has 0 amide bonds. The summed E-state index contributed by atoms with van der Waals surface area (Å²) in [7, 11) is 0. The summed E-state index contributed by atoms with van der Waals surface area (Å²) in [6.45, 7) is 6.94. The van der Waals surface area contributed by atoms with E-state index in [1.165, 1.54) is 4.91 Å². The zero-order chi connectivity index (χ0) is 5.28. The van der Waals surface area contributed by atoms with Crippen LogP contribution < -0.4 is 5.32 Å². The van der Waals surface area contributed by atoms with Crippen LogP contribution in [0.3, 0.4) is 0 Å². The maximum Gasteiger partial charge on any atom is 0.0550 e. The van der Waals surface area contributed by atoms with E-state index in [-0.39, 0.29) is 0 Å². The number of nitrogens with one attached hydrogen (secondary N) is 1. The molecule has 0 aromatic heterocycles. The molecule has 1 fully saturated rings. The van der Waals surface area contributed by atoms with Crippen LogP contribution in [0.4, 0.5) is 0 Å². The van der Waals surface area contributed by atoms with E-state index in [2.05, 4.69) is 18.8 Å². The summed E-state index contributed by atoms with van der Waals surface area (Å²) in [4.78, 5) is 1.26. The molecule has 1 N–H and O–H groups in total. The van der Waals surface area contributed by atoms with Gasteiger partial charge >= 0.3 is 0 Å². The Hall–Kier alpha value is 0.0500. The van der Waals surface area contributed by atoms with Gasteiger partial charge < -0.3 is 5.32 Å². The molecular formula is C5H9NS. The fourth-order valence-electron chi connectivity index (χ4n) is 0.591. The van der Waals surface area contributed by atoms with Gasteiger partial charge in [-0.1, -0.05) is 6.58 Å². The second-order valence-electron chi connectivity index (χ2n) is 1.68. The van der Waals surface area contributed by atoms with Gasteiger partial charge in [0.2, 0.25) is 0 Å². The normalized spacial score (nSPS) is 31.6. The topological polar surface area (TPSA) is 12.0 Å². The minimum Gasteiger partial charge on any atom is -0.301 e. The number of hydrogen-bond donors (Lipinski definition) is 1. The highest BCUT2D eigenvalue weighted by molar-refractivity contribution is 8.03. The third kappa shape index (κ3) is 1.21. The molecule has 1 aliphatic heterocycles. The average Bonchev–Trinajstić information content (AvgIpc) is 1.87. The van der Waals surface area contributed by atoms with Gasteiger partial charge in [-0.3, -0.25) is 0 Å². The third-order valence-corrected chi connectivity index (χ3v) is 1.93. The van der Waals surface area contributed by atoms with Crippen molar-refractivity contribution in [1.29, 1.82) is 0 Å². The van der Waals surface area contributed by atoms with Crippen molar-refractivity contribution in [1.82, 2.24) is 5.32 Å². The summed E-state index contributed by atoms with van der Waals surface area (Å²) >= 11 is 1.81. The van der Waals surface area contributed by atoms with Crippen molar-refractivity contribution < 1.29 is 0 Å². The van der Waals surface area contributed by atoms with Gasteiger partial charge in [-0.15, -0.1) is 11.8 Å². The van der Waals surface area contributed by atoms with Crippen LogP contribution >= 0.6 is 11.8 Å². The van der Waals surface area contributed by atoms with E-state index in [1.807, 2.05) is 11.8 Å². The predicted octanol–water partition coefficient (Wildman–Crippen LogP) is 1.18. The summed E-state index contributed by atoms with van der Waals surface area (Å²) in [5.74, 6) is 0. The molecule has 40 valence electrons. The first-order chi connectivity index (χ1) is 3.29. The van der Waals surface area contributed by atoms with E-state index in [4.69, 9.17) is 0 Å². The van der Waals surface area contributed by atoms with Crippen molar-refractivity contribution in [3.63, 3.8) is 0 Å². The average molecular weight is 115 g/mol. The molecular weight excluding hydrogens is 106 g/mol. The van der Waals surface area contributed by atoms with Crippen LogP contribution in [0.2, 0.25) is 0 Å². The van der Waals surface area contributed by atoms with Gasteiger partial charge in [-0.05, 0) is 11.8 Å². The van der Waals surface area contributed by atoms with Crippen molar-refractivity contribution in [2.45, 2.75) is 12.3 Å². The van der Waals surface area contributed by atoms with E-state index in [0.29, 0.717) is 5.37 Å². The smallest absolute Gasteiger partial charge is 0.0550 e. The van der Waals surface area contributed by atoms with Gasteiger partial charge in [0.1, 0.15) is 0 Å². The monoisotopic (exact) mass is 115 g/mol. The Kier molecular flexibility index (Phi) is 1.40. The van der Waals surface area contributed by atoms with Gasteiger partial charge in [0.05, 0.1) is 5.37 Å². The first-order valence-electron chi connectivity index (χ1n) is 2.37. The molecule has 0 spiro atoms. The zero-order valence-electron chi connectivity index (χ0n) is 4.40.